The van der Waals surface area contributed by atoms with Gasteiger partial charge in [0.05, 0.1) is 24.3 Å². The number of hydrogen-bond acceptors (Lipinski definition) is 8. The predicted molar refractivity (Wildman–Crippen MR) is 170 cm³/mol. The van der Waals surface area contributed by atoms with Crippen molar-refractivity contribution in [3.05, 3.63) is 52.6 Å². The number of aliphatic hydroxyl groups excluding tert-OH is 2. The third-order valence-electron chi connectivity index (χ3n) is 8.15. The van der Waals surface area contributed by atoms with Crippen molar-refractivity contribution in [3.8, 4) is 5.75 Å². The maximum Gasteiger partial charge on any atom is 0.167 e. The lowest BCUT2D eigenvalue weighted by Crippen LogP contribution is -2.33. The molecule has 9 heteroatoms. The van der Waals surface area contributed by atoms with Crippen molar-refractivity contribution in [3.63, 3.8) is 0 Å². The van der Waals surface area contributed by atoms with Gasteiger partial charge in [-0.1, -0.05) is 45.0 Å². The van der Waals surface area contributed by atoms with Crippen molar-refractivity contribution in [2.24, 2.45) is 17.8 Å². The lowest BCUT2D eigenvalue weighted by atomic mass is 9.73. The van der Waals surface area contributed by atoms with E-state index in [-0.39, 0.29) is 74.5 Å². The summed E-state index contributed by atoms with van der Waals surface area (Å²) in [4.78, 5) is 39.6. The minimum atomic E-state index is -0.770. The summed E-state index contributed by atoms with van der Waals surface area (Å²) in [6, 6.07) is 10.2. The molecular formula is C33H52N2O7. The van der Waals surface area contributed by atoms with Crippen LogP contribution >= 0.6 is 0 Å². The molecule has 3 rings (SSSR count). The molecule has 2 aromatic rings. The van der Waals surface area contributed by atoms with Crippen LogP contribution in [0.1, 0.15) is 83.3 Å². The monoisotopic (exact) mass is 588 g/mol. The molecule has 42 heavy (non-hydrogen) atoms. The highest BCUT2D eigenvalue weighted by atomic mass is 16.3. The molecule has 0 radical (unpaired) electrons. The number of carbonyl (C=O) groups is 3. The smallest absolute Gasteiger partial charge is 0.167 e. The summed E-state index contributed by atoms with van der Waals surface area (Å²) in [5.74, 6) is -2.10. The van der Waals surface area contributed by atoms with E-state index in [9.17, 15) is 29.7 Å². The highest BCUT2D eigenvalue weighted by molar-refractivity contribution is 6.04. The molecule has 0 saturated heterocycles. The third-order valence-corrected chi connectivity index (χ3v) is 8.15. The Morgan fingerprint density at radius 3 is 2.29 bits per heavy atom. The summed E-state index contributed by atoms with van der Waals surface area (Å²) in [5.41, 5.74) is 4.75. The number of Topliss-reactive ketones (excluding diaryl/α,β-unsaturated/α-hetero) is 3. The van der Waals surface area contributed by atoms with E-state index in [1.165, 1.54) is 12.5 Å². The molecule has 0 fully saturated rings. The van der Waals surface area contributed by atoms with Crippen LogP contribution in [0, 0.1) is 17.8 Å². The summed E-state index contributed by atoms with van der Waals surface area (Å²) in [7, 11) is 3.79. The molecule has 0 aliphatic heterocycles. The lowest BCUT2D eigenvalue weighted by Gasteiger charge is -2.33. The molecule has 0 spiro atoms. The summed E-state index contributed by atoms with van der Waals surface area (Å²) < 4.78 is 0. The van der Waals surface area contributed by atoms with Crippen LogP contribution in [-0.2, 0) is 28.0 Å². The fourth-order valence-electron chi connectivity index (χ4n) is 5.92. The van der Waals surface area contributed by atoms with E-state index >= 15 is 0 Å². The summed E-state index contributed by atoms with van der Waals surface area (Å²) in [6.45, 7) is 7.76. The number of benzene rings is 2. The van der Waals surface area contributed by atoms with Gasteiger partial charge in [-0.15, -0.1) is 0 Å². The number of rotatable bonds is 13. The molecule has 3 unspecified atom stereocenters. The van der Waals surface area contributed by atoms with Gasteiger partial charge in [0.1, 0.15) is 17.3 Å². The molecule has 3 atom stereocenters. The Labute approximate surface area is 252 Å². The molecular weight excluding hydrogens is 536 g/mol. The van der Waals surface area contributed by atoms with E-state index < -0.39 is 12.5 Å². The van der Waals surface area contributed by atoms with Crippen molar-refractivity contribution in [1.82, 2.24) is 0 Å². The zero-order valence-corrected chi connectivity index (χ0v) is 25.8. The van der Waals surface area contributed by atoms with Crippen LogP contribution in [0.25, 0.3) is 0 Å². The SMILES string of the molecule is CC(=O)CC(=O)C(CO)C(CCO)CC1CC(=O)c2c(O)c(NCc3ccc(C(C)(C)C)cc3)cc(N(C)C)c2C1.O.[HH].[HH]. The van der Waals surface area contributed by atoms with Crippen molar-refractivity contribution in [2.75, 3.05) is 37.5 Å². The first kappa shape index (κ1) is 34.9. The van der Waals surface area contributed by atoms with E-state index in [1.54, 1.807) is 0 Å². The standard InChI is InChI=1S/C33H46N2O6.H2O.2H2/c1-20(38)13-29(39)26(19-37)23(11-12-36)14-22-15-25-28(35(5)6)17-27(32(41)31(25)30(40)16-22)34-18-21-7-9-24(10-8-21)33(2,3)4;;;/h7-10,17,22-23,26,34,36-37,41H,11-16,18-19H2,1-6H3;1H2;2*1H. The van der Waals surface area contributed by atoms with E-state index in [4.69, 9.17) is 0 Å². The second kappa shape index (κ2) is 14.8. The summed E-state index contributed by atoms with van der Waals surface area (Å²) in [6.07, 6.45) is 1.18. The second-order valence-electron chi connectivity index (χ2n) is 12.7. The first-order valence-electron chi connectivity index (χ1n) is 14.4. The van der Waals surface area contributed by atoms with E-state index in [1.807, 2.05) is 25.1 Å². The van der Waals surface area contributed by atoms with Crippen LogP contribution in [0.2, 0.25) is 0 Å². The molecule has 1 aliphatic rings. The maximum atomic E-state index is 13.5. The van der Waals surface area contributed by atoms with Gasteiger partial charge in [-0.3, -0.25) is 14.4 Å². The largest absolute Gasteiger partial charge is 0.505 e. The van der Waals surface area contributed by atoms with Gasteiger partial charge in [0, 0.05) is 48.1 Å². The van der Waals surface area contributed by atoms with Crippen molar-refractivity contribution in [2.45, 2.75) is 71.8 Å². The Bertz CT molecular complexity index is 1260. The number of aromatic hydroxyl groups is 1. The van der Waals surface area contributed by atoms with E-state index in [2.05, 4.69) is 50.4 Å². The molecule has 0 heterocycles. The van der Waals surface area contributed by atoms with E-state index in [0.717, 1.165) is 16.8 Å². The Balaban J connectivity index is 0.00000616. The average Bonchev–Trinajstić information content (AvgIpc) is 2.87. The molecule has 2 aromatic carbocycles. The molecule has 0 amide bonds. The minimum Gasteiger partial charge on any atom is -0.505 e. The van der Waals surface area contributed by atoms with Crippen molar-refractivity contribution < 1.29 is 38.0 Å². The number of phenols is 1. The lowest BCUT2D eigenvalue weighted by molar-refractivity contribution is -0.131. The van der Waals surface area contributed by atoms with Gasteiger partial charge in [0.25, 0.3) is 0 Å². The zero-order chi connectivity index (χ0) is 30.5. The number of aliphatic hydroxyl groups is 2. The normalized spacial score (nSPS) is 16.2. The van der Waals surface area contributed by atoms with Gasteiger partial charge in [0.15, 0.2) is 5.78 Å². The number of anilines is 2. The number of nitrogens with one attached hydrogen (secondary N) is 1. The Morgan fingerprint density at radius 2 is 1.76 bits per heavy atom. The first-order chi connectivity index (χ1) is 19.3. The van der Waals surface area contributed by atoms with Crippen LogP contribution in [0.4, 0.5) is 11.4 Å². The zero-order valence-electron chi connectivity index (χ0n) is 25.8. The highest BCUT2D eigenvalue weighted by Gasteiger charge is 2.36. The molecule has 1 aliphatic carbocycles. The van der Waals surface area contributed by atoms with Crippen molar-refractivity contribution in [1.29, 1.82) is 0 Å². The van der Waals surface area contributed by atoms with Crippen LogP contribution in [-0.4, -0.2) is 65.5 Å². The fourth-order valence-corrected chi connectivity index (χ4v) is 5.92. The Kier molecular flexibility index (Phi) is 12.3. The number of hydrogen-bond donors (Lipinski definition) is 4. The van der Waals surface area contributed by atoms with Crippen LogP contribution in [0.5, 0.6) is 5.75 Å². The second-order valence-corrected chi connectivity index (χ2v) is 12.7. The molecule has 236 valence electrons. The topological polar surface area (TPSA) is 159 Å². The first-order valence-corrected chi connectivity index (χ1v) is 14.4. The van der Waals surface area contributed by atoms with Crippen molar-refractivity contribution >= 4 is 28.7 Å². The van der Waals surface area contributed by atoms with Gasteiger partial charge in [0.2, 0.25) is 0 Å². The Morgan fingerprint density at radius 1 is 1.12 bits per heavy atom. The van der Waals surface area contributed by atoms with E-state index in [0.29, 0.717) is 30.6 Å². The molecule has 6 N–H and O–H groups in total. The quantitative estimate of drug-likeness (QED) is 0.199. The molecule has 9 nitrogen and oxygen atoms in total. The number of ketones is 3. The Hall–Kier alpha value is -3.27. The number of fused-ring (bicyclic) bond motifs is 1. The maximum absolute atomic E-state index is 13.5. The third kappa shape index (κ3) is 8.40. The van der Waals surface area contributed by atoms with Gasteiger partial charge >= 0.3 is 0 Å². The van der Waals surface area contributed by atoms with Gasteiger partial charge in [-0.2, -0.15) is 0 Å². The van der Waals surface area contributed by atoms with Crippen LogP contribution in [0.3, 0.4) is 0 Å². The number of nitrogens with zero attached hydrogens (tertiary/aromatic N) is 1. The van der Waals surface area contributed by atoms with Gasteiger partial charge < -0.3 is 31.0 Å². The van der Waals surface area contributed by atoms with Crippen LogP contribution < -0.4 is 10.2 Å². The summed E-state index contributed by atoms with van der Waals surface area (Å²) in [5, 5.41) is 34.2. The van der Waals surface area contributed by atoms with Gasteiger partial charge in [-0.25, -0.2) is 0 Å². The number of phenolic OH excluding ortho intramolecular Hbond substituents is 1. The molecule has 0 bridgehead atoms. The fraction of sp³-hybridized carbons (Fsp3) is 0.545. The van der Waals surface area contributed by atoms with Gasteiger partial charge in [-0.05, 0) is 66.2 Å². The highest BCUT2D eigenvalue weighted by Crippen LogP contribution is 2.44. The minimum absolute atomic E-state index is 0. The van der Waals surface area contributed by atoms with Crippen LogP contribution in [0.15, 0.2) is 30.3 Å². The molecule has 0 aromatic heterocycles. The predicted octanol–water partition coefficient (Wildman–Crippen LogP) is 4.33. The molecule has 0 saturated carbocycles. The number of carbonyl (C=O) groups excluding carboxylic acids is 3. The summed E-state index contributed by atoms with van der Waals surface area (Å²) >= 11 is 0. The average molecular weight is 589 g/mol.